The normalized spacial score (nSPS) is 19.0. The van der Waals surface area contributed by atoms with Gasteiger partial charge in [-0.1, -0.05) is 6.92 Å². The molecule has 0 spiro atoms. The Morgan fingerprint density at radius 2 is 1.97 bits per heavy atom. The van der Waals surface area contributed by atoms with Gasteiger partial charge in [0.05, 0.1) is 18.1 Å². The number of rotatable bonds is 5. The highest BCUT2D eigenvalue weighted by Gasteiger charge is 2.34. The molecule has 1 saturated carbocycles. The van der Waals surface area contributed by atoms with Crippen LogP contribution in [0, 0.1) is 11.8 Å². The van der Waals surface area contributed by atoms with Crippen LogP contribution in [-0.4, -0.2) is 33.0 Å². The molecule has 0 atom stereocenters. The third-order valence-corrected chi connectivity index (χ3v) is 5.91. The molecule has 0 radical (unpaired) electrons. The van der Waals surface area contributed by atoms with Crippen molar-refractivity contribution in [3.05, 3.63) is 36.7 Å². The molecule has 0 bridgehead atoms. The van der Waals surface area contributed by atoms with Gasteiger partial charge in [-0.15, -0.1) is 5.10 Å². The molecule has 0 aliphatic heterocycles. The standard InChI is InChI=1S/C23H27N3O5/c1-14(2)26(22(27)17-6-4-15(3)5-7-17)21-20(31-23(28)29)13-25(24-21)18-9-8-16-10-11-30-19(16)12-18/h8-15,17H,4-7H2,1-3H3,(H,28,29). The molecule has 2 aromatic heterocycles. The number of amides is 1. The van der Waals surface area contributed by atoms with Gasteiger partial charge in [0.1, 0.15) is 5.58 Å². The van der Waals surface area contributed by atoms with Crippen LogP contribution >= 0.6 is 0 Å². The Hall–Kier alpha value is -3.29. The van der Waals surface area contributed by atoms with Crippen LogP contribution in [0.3, 0.4) is 0 Å². The molecule has 8 heteroatoms. The Bertz CT molecular complexity index is 1090. The lowest BCUT2D eigenvalue weighted by Gasteiger charge is -2.32. The number of benzene rings is 1. The van der Waals surface area contributed by atoms with E-state index in [-0.39, 0.29) is 29.4 Å². The first-order chi connectivity index (χ1) is 14.8. The van der Waals surface area contributed by atoms with Crippen LogP contribution in [-0.2, 0) is 4.79 Å². The van der Waals surface area contributed by atoms with Crippen LogP contribution in [0.4, 0.5) is 10.6 Å². The van der Waals surface area contributed by atoms with Crippen LogP contribution < -0.4 is 9.64 Å². The highest BCUT2D eigenvalue weighted by atomic mass is 16.7. The van der Waals surface area contributed by atoms with Crippen molar-refractivity contribution in [2.24, 2.45) is 11.8 Å². The van der Waals surface area contributed by atoms with Crippen LogP contribution in [0.25, 0.3) is 16.7 Å². The number of nitrogens with zero attached hydrogens (tertiary/aromatic N) is 3. The lowest BCUT2D eigenvalue weighted by atomic mass is 9.82. The van der Waals surface area contributed by atoms with Crippen LogP contribution in [0.2, 0.25) is 0 Å². The van der Waals surface area contributed by atoms with Crippen molar-refractivity contribution < 1.29 is 23.8 Å². The van der Waals surface area contributed by atoms with E-state index in [2.05, 4.69) is 12.0 Å². The van der Waals surface area contributed by atoms with Crippen molar-refractivity contribution >= 4 is 28.8 Å². The lowest BCUT2D eigenvalue weighted by molar-refractivity contribution is -0.124. The predicted molar refractivity (Wildman–Crippen MR) is 116 cm³/mol. The molecule has 0 saturated heterocycles. The molecular weight excluding hydrogens is 398 g/mol. The Morgan fingerprint density at radius 3 is 2.65 bits per heavy atom. The van der Waals surface area contributed by atoms with Crippen LogP contribution in [0.5, 0.6) is 5.75 Å². The highest BCUT2D eigenvalue weighted by molar-refractivity contribution is 5.96. The molecular formula is C23H27N3O5. The van der Waals surface area contributed by atoms with Gasteiger partial charge >= 0.3 is 6.16 Å². The van der Waals surface area contributed by atoms with Crippen LogP contribution in [0.1, 0.15) is 46.5 Å². The largest absolute Gasteiger partial charge is 0.511 e. The summed E-state index contributed by atoms with van der Waals surface area (Å²) >= 11 is 0. The zero-order chi connectivity index (χ0) is 22.1. The second kappa shape index (κ2) is 8.45. The summed E-state index contributed by atoms with van der Waals surface area (Å²) in [5.74, 6) is 0.724. The van der Waals surface area contributed by atoms with Crippen molar-refractivity contribution in [3.63, 3.8) is 0 Å². The first kappa shape index (κ1) is 21.0. The maximum absolute atomic E-state index is 13.4. The fourth-order valence-corrected chi connectivity index (χ4v) is 4.21. The number of hydrogen-bond donors (Lipinski definition) is 1. The summed E-state index contributed by atoms with van der Waals surface area (Å²) < 4.78 is 12.0. The van der Waals surface area contributed by atoms with Crippen LogP contribution in [0.15, 0.2) is 41.1 Å². The molecule has 4 rings (SSSR count). The minimum absolute atomic E-state index is 0.0262. The topological polar surface area (TPSA) is 97.8 Å². The number of carbonyl (C=O) groups is 2. The number of furan rings is 1. The Morgan fingerprint density at radius 1 is 1.23 bits per heavy atom. The van der Waals surface area contributed by atoms with Gasteiger partial charge in [0.25, 0.3) is 0 Å². The molecule has 31 heavy (non-hydrogen) atoms. The summed E-state index contributed by atoms with van der Waals surface area (Å²) in [6.45, 7) is 5.99. The van der Waals surface area contributed by atoms with E-state index in [1.165, 1.54) is 10.9 Å². The minimum atomic E-state index is -1.45. The number of anilines is 1. The van der Waals surface area contributed by atoms with Gasteiger partial charge in [-0.3, -0.25) is 9.69 Å². The molecule has 2 heterocycles. The minimum Gasteiger partial charge on any atom is -0.464 e. The van der Waals surface area contributed by atoms with Gasteiger partial charge < -0.3 is 14.3 Å². The second-order valence-corrected chi connectivity index (χ2v) is 8.53. The van der Waals surface area contributed by atoms with Crippen molar-refractivity contribution in [3.8, 4) is 11.4 Å². The second-order valence-electron chi connectivity index (χ2n) is 8.53. The molecule has 1 fully saturated rings. The van der Waals surface area contributed by atoms with Gasteiger partial charge in [-0.2, -0.15) is 0 Å². The zero-order valence-electron chi connectivity index (χ0n) is 17.9. The number of fused-ring (bicyclic) bond motifs is 1. The van der Waals surface area contributed by atoms with Gasteiger partial charge in [0, 0.05) is 23.4 Å². The quantitative estimate of drug-likeness (QED) is 0.561. The summed E-state index contributed by atoms with van der Waals surface area (Å²) in [6, 6.07) is 7.20. The Kier molecular flexibility index (Phi) is 5.71. The SMILES string of the molecule is CC1CCC(C(=O)N(c2nn(-c3ccc4ccoc4c3)cc2OC(=O)O)C(C)C)CC1. The van der Waals surface area contributed by atoms with Gasteiger partial charge in [0.15, 0.2) is 5.75 Å². The zero-order valence-corrected chi connectivity index (χ0v) is 17.9. The fraction of sp³-hybridized carbons (Fsp3) is 0.435. The molecule has 1 N–H and O–H groups in total. The van der Waals surface area contributed by atoms with Crippen molar-refractivity contribution in [1.82, 2.24) is 9.78 Å². The molecule has 1 aromatic carbocycles. The predicted octanol–water partition coefficient (Wildman–Crippen LogP) is 5.24. The first-order valence-corrected chi connectivity index (χ1v) is 10.6. The van der Waals surface area contributed by atoms with E-state index in [1.807, 2.05) is 32.0 Å². The van der Waals surface area contributed by atoms with Crippen molar-refractivity contribution in [2.45, 2.75) is 52.5 Å². The van der Waals surface area contributed by atoms with E-state index in [0.717, 1.165) is 31.1 Å². The van der Waals surface area contributed by atoms with Gasteiger partial charge in [-0.25, -0.2) is 9.48 Å². The average Bonchev–Trinajstić information content (AvgIpc) is 3.34. The molecule has 1 aliphatic rings. The smallest absolute Gasteiger partial charge is 0.464 e. The van der Waals surface area contributed by atoms with E-state index >= 15 is 0 Å². The highest BCUT2D eigenvalue weighted by Crippen LogP contribution is 2.35. The average molecular weight is 425 g/mol. The summed E-state index contributed by atoms with van der Waals surface area (Å²) in [4.78, 5) is 26.3. The molecule has 3 aromatic rings. The fourth-order valence-electron chi connectivity index (χ4n) is 4.21. The molecule has 1 amide bonds. The number of carbonyl (C=O) groups excluding carboxylic acids is 1. The van der Waals surface area contributed by atoms with E-state index in [1.54, 1.807) is 17.2 Å². The number of hydrogen-bond acceptors (Lipinski definition) is 5. The number of carboxylic acid groups (broad SMARTS) is 1. The van der Waals surface area contributed by atoms with Gasteiger partial charge in [0.2, 0.25) is 11.7 Å². The first-order valence-electron chi connectivity index (χ1n) is 10.6. The van der Waals surface area contributed by atoms with E-state index < -0.39 is 6.16 Å². The lowest BCUT2D eigenvalue weighted by Crippen LogP contribution is -2.42. The van der Waals surface area contributed by atoms with Crippen molar-refractivity contribution in [2.75, 3.05) is 4.90 Å². The molecule has 0 unspecified atom stereocenters. The molecule has 164 valence electrons. The van der Waals surface area contributed by atoms with E-state index in [9.17, 15) is 14.7 Å². The Balaban J connectivity index is 1.73. The summed E-state index contributed by atoms with van der Waals surface area (Å²) in [7, 11) is 0. The third-order valence-electron chi connectivity index (χ3n) is 5.91. The molecule has 1 aliphatic carbocycles. The maximum Gasteiger partial charge on any atom is 0.511 e. The third kappa shape index (κ3) is 4.28. The Labute approximate surface area is 180 Å². The van der Waals surface area contributed by atoms with E-state index in [4.69, 9.17) is 9.15 Å². The number of aromatic nitrogens is 2. The maximum atomic E-state index is 13.4. The molecule has 8 nitrogen and oxygen atoms in total. The van der Waals surface area contributed by atoms with Crippen molar-refractivity contribution in [1.29, 1.82) is 0 Å². The summed E-state index contributed by atoms with van der Waals surface area (Å²) in [5.41, 5.74) is 1.36. The summed E-state index contributed by atoms with van der Waals surface area (Å²) in [6.07, 6.45) is 5.31. The number of ether oxygens (including phenoxy) is 1. The van der Waals surface area contributed by atoms with Gasteiger partial charge in [-0.05, 0) is 63.6 Å². The summed E-state index contributed by atoms with van der Waals surface area (Å²) in [5, 5.41) is 14.8. The monoisotopic (exact) mass is 425 g/mol. The van der Waals surface area contributed by atoms with E-state index in [0.29, 0.717) is 17.2 Å².